The van der Waals surface area contributed by atoms with E-state index in [-0.39, 0.29) is 10.8 Å². The van der Waals surface area contributed by atoms with Gasteiger partial charge in [-0.05, 0) is 12.3 Å². The molecule has 0 saturated heterocycles. The molecule has 0 unspecified atom stereocenters. The van der Waals surface area contributed by atoms with Gasteiger partial charge >= 0.3 is 5.97 Å². The lowest BCUT2D eigenvalue weighted by Gasteiger charge is -2.01. The van der Waals surface area contributed by atoms with E-state index in [1.54, 1.807) is 0 Å². The first-order valence-corrected chi connectivity index (χ1v) is 5.29. The molecule has 1 fully saturated rings. The number of aryl methyl sites for hydroxylation is 1. The predicted octanol–water partition coefficient (Wildman–Crippen LogP) is 2.17. The average molecular weight is 227 g/mol. The number of halogens is 1. The molecule has 2 rings (SSSR count). The molecule has 1 saturated carbocycles. The summed E-state index contributed by atoms with van der Waals surface area (Å²) in [5.74, 6) is 0.250. The Hall–Kier alpha value is -1.16. The minimum absolute atomic E-state index is 0.0270. The molecule has 0 amide bonds. The van der Waals surface area contributed by atoms with Crippen LogP contribution in [0.1, 0.15) is 35.6 Å². The Bertz CT molecular complexity index is 391. The zero-order valence-electron chi connectivity index (χ0n) is 8.11. The van der Waals surface area contributed by atoms with E-state index in [2.05, 4.69) is 9.97 Å². The zero-order chi connectivity index (χ0) is 10.8. The highest BCUT2D eigenvalue weighted by atomic mass is 35.5. The van der Waals surface area contributed by atoms with Crippen molar-refractivity contribution in [2.75, 3.05) is 0 Å². The first-order valence-electron chi connectivity index (χ1n) is 4.92. The van der Waals surface area contributed by atoms with Crippen LogP contribution in [0.2, 0.25) is 5.15 Å². The van der Waals surface area contributed by atoms with E-state index >= 15 is 0 Å². The standard InChI is InChI=1S/C10H11ClN2O2/c11-8-5-7(10(14)15)12-9(13-8)4-3-6-1-2-6/h5-6H,1-4H2,(H,14,15). The van der Waals surface area contributed by atoms with Crippen molar-refractivity contribution >= 4 is 17.6 Å². The molecule has 0 bridgehead atoms. The average Bonchev–Trinajstić information content (AvgIpc) is 2.97. The van der Waals surface area contributed by atoms with Crippen LogP contribution in [0.5, 0.6) is 0 Å². The molecular formula is C10H11ClN2O2. The Morgan fingerprint density at radius 2 is 2.27 bits per heavy atom. The van der Waals surface area contributed by atoms with Crippen LogP contribution >= 0.6 is 11.6 Å². The van der Waals surface area contributed by atoms with Gasteiger partial charge in [0, 0.05) is 12.5 Å². The summed E-state index contributed by atoms with van der Waals surface area (Å²) >= 11 is 5.71. The van der Waals surface area contributed by atoms with Crippen molar-refractivity contribution in [3.8, 4) is 0 Å². The van der Waals surface area contributed by atoms with Gasteiger partial charge in [0.2, 0.25) is 0 Å². The van der Waals surface area contributed by atoms with Crippen molar-refractivity contribution in [3.63, 3.8) is 0 Å². The van der Waals surface area contributed by atoms with Gasteiger partial charge in [-0.1, -0.05) is 24.4 Å². The van der Waals surface area contributed by atoms with Gasteiger partial charge < -0.3 is 5.11 Å². The van der Waals surface area contributed by atoms with E-state index in [0.29, 0.717) is 12.2 Å². The van der Waals surface area contributed by atoms with Gasteiger partial charge in [-0.15, -0.1) is 0 Å². The van der Waals surface area contributed by atoms with E-state index < -0.39 is 5.97 Å². The molecule has 0 aromatic carbocycles. The minimum Gasteiger partial charge on any atom is -0.477 e. The number of carboxylic acid groups (broad SMARTS) is 1. The third-order valence-corrected chi connectivity index (χ3v) is 2.63. The number of rotatable bonds is 4. The summed E-state index contributed by atoms with van der Waals surface area (Å²) in [4.78, 5) is 18.7. The van der Waals surface area contributed by atoms with Crippen LogP contribution in [-0.2, 0) is 6.42 Å². The molecule has 5 heteroatoms. The number of aromatic nitrogens is 2. The number of carbonyl (C=O) groups is 1. The lowest BCUT2D eigenvalue weighted by molar-refractivity contribution is 0.0690. The van der Waals surface area contributed by atoms with Crippen molar-refractivity contribution in [2.45, 2.75) is 25.7 Å². The smallest absolute Gasteiger partial charge is 0.354 e. The maximum atomic E-state index is 10.7. The van der Waals surface area contributed by atoms with Gasteiger partial charge in [0.25, 0.3) is 0 Å². The van der Waals surface area contributed by atoms with Crippen molar-refractivity contribution in [1.29, 1.82) is 0 Å². The van der Waals surface area contributed by atoms with E-state index in [4.69, 9.17) is 16.7 Å². The molecule has 0 radical (unpaired) electrons. The fourth-order valence-corrected chi connectivity index (χ4v) is 1.63. The summed E-state index contributed by atoms with van der Waals surface area (Å²) in [6, 6.07) is 1.27. The molecule has 1 aromatic heterocycles. The van der Waals surface area contributed by atoms with Crippen molar-refractivity contribution < 1.29 is 9.90 Å². The van der Waals surface area contributed by atoms with Crippen molar-refractivity contribution in [2.24, 2.45) is 5.92 Å². The van der Waals surface area contributed by atoms with Gasteiger partial charge in [0.1, 0.15) is 11.0 Å². The Morgan fingerprint density at radius 3 is 2.87 bits per heavy atom. The van der Waals surface area contributed by atoms with Crippen LogP contribution in [-0.4, -0.2) is 21.0 Å². The number of nitrogens with zero attached hydrogens (tertiary/aromatic N) is 2. The zero-order valence-corrected chi connectivity index (χ0v) is 8.87. The van der Waals surface area contributed by atoms with E-state index in [0.717, 1.165) is 12.3 Å². The molecule has 1 aromatic rings. The Labute approximate surface area is 92.3 Å². The minimum atomic E-state index is -1.06. The van der Waals surface area contributed by atoms with Crippen LogP contribution < -0.4 is 0 Å². The van der Waals surface area contributed by atoms with Gasteiger partial charge in [-0.3, -0.25) is 0 Å². The van der Waals surface area contributed by atoms with Crippen LogP contribution in [0.4, 0.5) is 0 Å². The van der Waals surface area contributed by atoms with Gasteiger partial charge in [0.15, 0.2) is 5.69 Å². The lowest BCUT2D eigenvalue weighted by Crippen LogP contribution is -2.05. The summed E-state index contributed by atoms with van der Waals surface area (Å²) in [6.45, 7) is 0. The molecule has 1 aliphatic rings. The normalized spacial score (nSPS) is 15.3. The number of hydrogen-bond donors (Lipinski definition) is 1. The Morgan fingerprint density at radius 1 is 1.53 bits per heavy atom. The summed E-state index contributed by atoms with van der Waals surface area (Å²) < 4.78 is 0. The monoisotopic (exact) mass is 226 g/mol. The number of hydrogen-bond acceptors (Lipinski definition) is 3. The summed E-state index contributed by atoms with van der Waals surface area (Å²) in [5.41, 5.74) is -0.0270. The number of aromatic carboxylic acids is 1. The van der Waals surface area contributed by atoms with Crippen LogP contribution in [0.25, 0.3) is 0 Å². The molecule has 0 spiro atoms. The molecular weight excluding hydrogens is 216 g/mol. The largest absolute Gasteiger partial charge is 0.477 e. The van der Waals surface area contributed by atoms with Gasteiger partial charge in [0.05, 0.1) is 0 Å². The van der Waals surface area contributed by atoms with Crippen molar-refractivity contribution in [1.82, 2.24) is 9.97 Å². The number of carboxylic acids is 1. The predicted molar refractivity (Wildman–Crippen MR) is 55.0 cm³/mol. The summed E-state index contributed by atoms with van der Waals surface area (Å²) in [5, 5.41) is 8.98. The second-order valence-electron chi connectivity index (χ2n) is 3.78. The SMILES string of the molecule is O=C(O)c1cc(Cl)nc(CCC2CC2)n1. The highest BCUT2D eigenvalue weighted by Crippen LogP contribution is 2.33. The Balaban J connectivity index is 2.10. The quantitative estimate of drug-likeness (QED) is 0.800. The van der Waals surface area contributed by atoms with E-state index in [9.17, 15) is 4.79 Å². The molecule has 15 heavy (non-hydrogen) atoms. The first kappa shape index (κ1) is 10.4. The third-order valence-electron chi connectivity index (χ3n) is 2.43. The summed E-state index contributed by atoms with van der Waals surface area (Å²) in [6.07, 6.45) is 4.28. The van der Waals surface area contributed by atoms with Crippen LogP contribution in [0.3, 0.4) is 0 Å². The second-order valence-corrected chi connectivity index (χ2v) is 4.17. The van der Waals surface area contributed by atoms with Gasteiger partial charge in [-0.25, -0.2) is 14.8 Å². The second kappa shape index (κ2) is 4.14. The molecule has 1 heterocycles. The molecule has 80 valence electrons. The van der Waals surface area contributed by atoms with Crippen LogP contribution in [0, 0.1) is 5.92 Å². The lowest BCUT2D eigenvalue weighted by atomic mass is 10.2. The molecule has 0 aliphatic heterocycles. The van der Waals surface area contributed by atoms with E-state index in [1.807, 2.05) is 0 Å². The topological polar surface area (TPSA) is 63.1 Å². The maximum absolute atomic E-state index is 10.7. The molecule has 1 aliphatic carbocycles. The molecule has 0 atom stereocenters. The van der Waals surface area contributed by atoms with Crippen LogP contribution in [0.15, 0.2) is 6.07 Å². The summed E-state index contributed by atoms with van der Waals surface area (Å²) in [7, 11) is 0. The fourth-order valence-electron chi connectivity index (χ4n) is 1.43. The first-order chi connectivity index (χ1) is 7.15. The third kappa shape index (κ3) is 2.89. The fraction of sp³-hybridized carbons (Fsp3) is 0.500. The highest BCUT2D eigenvalue weighted by Gasteiger charge is 2.21. The highest BCUT2D eigenvalue weighted by molar-refractivity contribution is 6.29. The Kier molecular flexibility index (Phi) is 2.86. The van der Waals surface area contributed by atoms with E-state index in [1.165, 1.54) is 18.9 Å². The maximum Gasteiger partial charge on any atom is 0.354 e. The molecule has 1 N–H and O–H groups in total. The molecule has 4 nitrogen and oxygen atoms in total. The van der Waals surface area contributed by atoms with Crippen molar-refractivity contribution in [3.05, 3.63) is 22.7 Å². The van der Waals surface area contributed by atoms with Gasteiger partial charge in [-0.2, -0.15) is 0 Å².